The number of carbonyl (C=O) groups is 2. The Labute approximate surface area is 164 Å². The Balaban J connectivity index is 1.69. The summed E-state index contributed by atoms with van der Waals surface area (Å²) in [6.45, 7) is 4.65. The van der Waals surface area contributed by atoms with Crippen LogP contribution in [0.3, 0.4) is 0 Å². The number of carbonyl (C=O) groups excluding carboxylic acids is 2. The van der Waals surface area contributed by atoms with Gasteiger partial charge in [-0.05, 0) is 37.0 Å². The van der Waals surface area contributed by atoms with Gasteiger partial charge in [0, 0.05) is 30.3 Å². The average Bonchev–Trinajstić information content (AvgIpc) is 3.08. The van der Waals surface area contributed by atoms with Gasteiger partial charge in [0.1, 0.15) is 11.5 Å². The van der Waals surface area contributed by atoms with Crippen LogP contribution >= 0.6 is 0 Å². The Bertz CT molecular complexity index is 720. The highest BCUT2D eigenvalue weighted by Crippen LogP contribution is 2.71. The number of hydrogen-bond acceptors (Lipinski definition) is 7. The minimum Gasteiger partial charge on any atom is -0.461 e. The van der Waals surface area contributed by atoms with Crippen LogP contribution in [0.15, 0.2) is 0 Å². The molecule has 2 N–H and O–H groups in total. The largest absolute Gasteiger partial charge is 0.461 e. The van der Waals surface area contributed by atoms with E-state index in [0.717, 1.165) is 6.42 Å². The molecule has 7 heteroatoms. The van der Waals surface area contributed by atoms with Crippen molar-refractivity contribution in [1.82, 2.24) is 0 Å². The second kappa shape index (κ2) is 5.78. The Morgan fingerprint density at radius 2 is 1.96 bits per heavy atom. The molecular weight excluding hydrogens is 364 g/mol. The number of aliphatic hydroxyl groups excluding tert-OH is 2. The molecule has 5 rings (SSSR count). The van der Waals surface area contributed by atoms with Crippen molar-refractivity contribution in [1.29, 1.82) is 0 Å². The molecule has 2 bridgehead atoms. The predicted molar refractivity (Wildman–Crippen MR) is 95.8 cm³/mol. The SMILES string of the molecule is COC[C@@H]1C(=O)[C@]23C[C@@H]1C[C@@H](O)[C@H]2C12CO[C@@H](O)[C@@H]1C(C)(C)CC[C@@H]2OC3=O. The molecule has 3 saturated carbocycles. The molecule has 0 aromatic rings. The van der Waals surface area contributed by atoms with Gasteiger partial charge in [-0.25, -0.2) is 0 Å². The second-order valence-corrected chi connectivity index (χ2v) is 10.4. The van der Waals surface area contributed by atoms with Crippen molar-refractivity contribution in [2.75, 3.05) is 20.3 Å². The molecule has 0 aromatic heterocycles. The van der Waals surface area contributed by atoms with Gasteiger partial charge in [-0.2, -0.15) is 0 Å². The minimum absolute atomic E-state index is 0.0819. The third-order valence-corrected chi connectivity index (χ3v) is 8.79. The number of methoxy groups -OCH3 is 1. The molecule has 3 aliphatic carbocycles. The summed E-state index contributed by atoms with van der Waals surface area (Å²) in [5.41, 5.74) is -2.33. The van der Waals surface area contributed by atoms with Crippen LogP contribution in [-0.2, 0) is 23.8 Å². The number of fused-ring (bicyclic) bond motifs is 1. The number of Topliss-reactive ketones (excluding diaryl/α,β-unsaturated/α-hetero) is 1. The van der Waals surface area contributed by atoms with E-state index in [2.05, 4.69) is 13.8 Å². The zero-order chi connectivity index (χ0) is 20.1. The van der Waals surface area contributed by atoms with Gasteiger partial charge in [-0.15, -0.1) is 0 Å². The Morgan fingerprint density at radius 1 is 1.21 bits per heavy atom. The fraction of sp³-hybridized carbons (Fsp3) is 0.905. The fourth-order valence-electron chi connectivity index (χ4n) is 7.92. The highest BCUT2D eigenvalue weighted by Gasteiger charge is 2.79. The van der Waals surface area contributed by atoms with Gasteiger partial charge in [-0.3, -0.25) is 9.59 Å². The van der Waals surface area contributed by atoms with Crippen molar-refractivity contribution in [2.45, 2.75) is 58.0 Å². The Hall–Kier alpha value is -1.02. The molecule has 28 heavy (non-hydrogen) atoms. The monoisotopic (exact) mass is 394 g/mol. The summed E-state index contributed by atoms with van der Waals surface area (Å²) < 4.78 is 17.0. The van der Waals surface area contributed by atoms with E-state index in [4.69, 9.17) is 14.2 Å². The Kier molecular flexibility index (Phi) is 3.91. The van der Waals surface area contributed by atoms with E-state index in [1.165, 1.54) is 0 Å². The average molecular weight is 394 g/mol. The lowest BCUT2D eigenvalue weighted by atomic mass is 9.43. The van der Waals surface area contributed by atoms with Gasteiger partial charge < -0.3 is 24.4 Å². The number of ketones is 1. The first-order chi connectivity index (χ1) is 13.2. The molecule has 1 unspecified atom stereocenters. The fourth-order valence-corrected chi connectivity index (χ4v) is 7.92. The van der Waals surface area contributed by atoms with Gasteiger partial charge in [0.25, 0.3) is 0 Å². The molecule has 9 atom stereocenters. The van der Waals surface area contributed by atoms with E-state index in [0.29, 0.717) is 19.3 Å². The predicted octanol–water partition coefficient (Wildman–Crippen LogP) is 0.902. The molecule has 7 nitrogen and oxygen atoms in total. The molecule has 2 saturated heterocycles. The van der Waals surface area contributed by atoms with Crippen molar-refractivity contribution in [3.8, 4) is 0 Å². The molecule has 0 aromatic carbocycles. The van der Waals surface area contributed by atoms with E-state index in [9.17, 15) is 19.8 Å². The van der Waals surface area contributed by atoms with Crippen LogP contribution in [0.5, 0.6) is 0 Å². The van der Waals surface area contributed by atoms with E-state index in [1.807, 2.05) is 0 Å². The van der Waals surface area contributed by atoms with Gasteiger partial charge >= 0.3 is 5.97 Å². The molecular formula is C21H30O7. The Morgan fingerprint density at radius 3 is 2.68 bits per heavy atom. The number of esters is 1. The number of aliphatic hydroxyl groups is 2. The summed E-state index contributed by atoms with van der Waals surface area (Å²) in [6, 6.07) is 0. The topological polar surface area (TPSA) is 102 Å². The standard InChI is InChI=1S/C21H30O7/c1-19(2)5-4-13-21(9-27-17(24)15(19)21)14-12(22)6-10-7-20(14,18(25)28-13)16(23)11(10)8-26-3/h10-15,17,22,24H,4-9H2,1-3H3/t10-,11-,12+,13-,14+,15+,17+,20-,21?/m0/s1. The second-order valence-electron chi connectivity index (χ2n) is 10.4. The summed E-state index contributed by atoms with van der Waals surface area (Å²) in [7, 11) is 1.55. The summed E-state index contributed by atoms with van der Waals surface area (Å²) >= 11 is 0. The van der Waals surface area contributed by atoms with E-state index >= 15 is 0 Å². The number of rotatable bonds is 2. The van der Waals surface area contributed by atoms with E-state index in [-0.39, 0.29) is 36.2 Å². The highest BCUT2D eigenvalue weighted by atomic mass is 16.6. The zero-order valence-corrected chi connectivity index (χ0v) is 16.7. The zero-order valence-electron chi connectivity index (χ0n) is 16.7. The first-order valence-electron chi connectivity index (χ1n) is 10.4. The molecule has 2 spiro atoms. The summed E-state index contributed by atoms with van der Waals surface area (Å²) in [5.74, 6) is -2.00. The van der Waals surface area contributed by atoms with Crippen molar-refractivity contribution >= 4 is 11.8 Å². The van der Waals surface area contributed by atoms with E-state index < -0.39 is 47.1 Å². The number of hydrogen-bond donors (Lipinski definition) is 2. The lowest BCUT2D eigenvalue weighted by Gasteiger charge is -2.62. The van der Waals surface area contributed by atoms with Gasteiger partial charge in [0.05, 0.1) is 19.3 Å². The van der Waals surface area contributed by atoms with Crippen LogP contribution in [0.4, 0.5) is 0 Å². The summed E-state index contributed by atoms with van der Waals surface area (Å²) in [5, 5.41) is 22.1. The highest BCUT2D eigenvalue weighted by molar-refractivity contribution is 6.08. The van der Waals surface area contributed by atoms with Crippen LogP contribution in [0.1, 0.15) is 39.5 Å². The third-order valence-electron chi connectivity index (χ3n) is 8.79. The van der Waals surface area contributed by atoms with Crippen molar-refractivity contribution < 1.29 is 34.0 Å². The quantitative estimate of drug-likeness (QED) is 0.530. The maximum Gasteiger partial charge on any atom is 0.320 e. The lowest BCUT2D eigenvalue weighted by Crippen LogP contribution is -2.70. The normalized spacial score (nSPS) is 54.0. The molecule has 2 aliphatic heterocycles. The van der Waals surface area contributed by atoms with Crippen LogP contribution in [0, 0.1) is 39.9 Å². The van der Waals surface area contributed by atoms with Crippen LogP contribution < -0.4 is 0 Å². The number of ether oxygens (including phenoxy) is 3. The first-order valence-corrected chi connectivity index (χ1v) is 10.4. The smallest absolute Gasteiger partial charge is 0.320 e. The van der Waals surface area contributed by atoms with Crippen molar-refractivity contribution in [3.05, 3.63) is 0 Å². The molecule has 2 heterocycles. The molecule has 0 amide bonds. The minimum atomic E-state index is -1.35. The van der Waals surface area contributed by atoms with Gasteiger partial charge in [0.15, 0.2) is 12.1 Å². The first kappa shape index (κ1) is 19.0. The van der Waals surface area contributed by atoms with Crippen molar-refractivity contribution in [3.63, 3.8) is 0 Å². The maximum absolute atomic E-state index is 13.6. The van der Waals surface area contributed by atoms with Crippen LogP contribution in [0.2, 0.25) is 0 Å². The van der Waals surface area contributed by atoms with E-state index in [1.54, 1.807) is 7.11 Å². The van der Waals surface area contributed by atoms with Crippen molar-refractivity contribution in [2.24, 2.45) is 39.9 Å². The van der Waals surface area contributed by atoms with Gasteiger partial charge in [0.2, 0.25) is 0 Å². The third kappa shape index (κ3) is 1.99. The van der Waals surface area contributed by atoms with Gasteiger partial charge in [-0.1, -0.05) is 13.8 Å². The van der Waals surface area contributed by atoms with Crippen LogP contribution in [0.25, 0.3) is 0 Å². The lowest BCUT2D eigenvalue weighted by molar-refractivity contribution is -0.251. The summed E-state index contributed by atoms with van der Waals surface area (Å²) in [6.07, 6.45) is 0.0922. The molecule has 156 valence electrons. The molecule has 0 radical (unpaired) electrons. The molecule has 5 aliphatic rings. The maximum atomic E-state index is 13.6. The summed E-state index contributed by atoms with van der Waals surface area (Å²) in [4.78, 5) is 26.9. The molecule has 5 fully saturated rings. The van der Waals surface area contributed by atoms with Crippen LogP contribution in [-0.4, -0.2) is 60.8 Å².